The van der Waals surface area contributed by atoms with Gasteiger partial charge in [-0.25, -0.2) is 4.39 Å². The molecule has 0 aliphatic carbocycles. The molecule has 0 bridgehead atoms. The molecule has 8 nitrogen and oxygen atoms in total. The molecule has 6 rings (SSSR count). The van der Waals surface area contributed by atoms with Gasteiger partial charge in [0.15, 0.2) is 15.8 Å². The highest BCUT2D eigenvalue weighted by Gasteiger charge is 2.48. The first-order valence-electron chi connectivity index (χ1n) is 12.1. The largest absolute Gasteiger partial charge is 0.507 e. The van der Waals surface area contributed by atoms with Crippen LogP contribution in [0, 0.1) is 5.82 Å². The Morgan fingerprint density at radius 3 is 2.60 bits per heavy atom. The van der Waals surface area contributed by atoms with Crippen LogP contribution in [-0.2, 0) is 15.3 Å². The van der Waals surface area contributed by atoms with E-state index in [1.807, 2.05) is 0 Å². The van der Waals surface area contributed by atoms with E-state index >= 15 is 0 Å². The van der Waals surface area contributed by atoms with Crippen molar-refractivity contribution in [1.82, 2.24) is 10.2 Å². The molecule has 1 amide bonds. The summed E-state index contributed by atoms with van der Waals surface area (Å²) in [6, 6.07) is 16.7. The van der Waals surface area contributed by atoms with Crippen molar-refractivity contribution in [2.75, 3.05) is 18.1 Å². The number of aliphatic hydroxyl groups is 1. The second-order valence-electron chi connectivity index (χ2n) is 8.85. The fourth-order valence-corrected chi connectivity index (χ4v) is 6.47. The number of aliphatic hydroxyl groups excluding tert-OH is 1. The van der Waals surface area contributed by atoms with E-state index in [1.165, 1.54) is 28.8 Å². The summed E-state index contributed by atoms with van der Waals surface area (Å²) in [7, 11) is 0. The second kappa shape index (κ2) is 10.9. The van der Waals surface area contributed by atoms with Crippen LogP contribution in [0.5, 0.6) is 11.5 Å². The van der Waals surface area contributed by atoms with Gasteiger partial charge in [0.05, 0.1) is 11.6 Å². The fourth-order valence-electron chi connectivity index (χ4n) is 4.45. The Hall–Kier alpha value is -3.93. The Bertz CT molecular complexity index is 1660. The molecule has 4 aromatic rings. The van der Waals surface area contributed by atoms with Crippen LogP contribution < -0.4 is 14.4 Å². The van der Waals surface area contributed by atoms with Gasteiger partial charge in [-0.1, -0.05) is 59.0 Å². The Morgan fingerprint density at radius 2 is 1.82 bits per heavy atom. The molecular weight excluding hydrogens is 577 g/mol. The van der Waals surface area contributed by atoms with Gasteiger partial charge in [-0.15, -0.1) is 10.2 Å². The molecule has 1 atom stereocenters. The number of carbonyl (C=O) groups excluding carboxylic acids is 2. The molecule has 1 fully saturated rings. The van der Waals surface area contributed by atoms with Gasteiger partial charge >= 0.3 is 5.91 Å². The lowest BCUT2D eigenvalue weighted by atomic mass is 9.95. The third-order valence-corrected chi connectivity index (χ3v) is 8.66. The second-order valence-corrected chi connectivity index (χ2v) is 11.5. The zero-order valence-corrected chi connectivity index (χ0v) is 22.9. The number of aromatic nitrogens is 2. The number of Topliss-reactive ketones (excluding diaryl/α,β-unsaturated/α-hetero) is 1. The first-order chi connectivity index (χ1) is 19.4. The molecule has 0 unspecified atom stereocenters. The third kappa shape index (κ3) is 5.03. The minimum absolute atomic E-state index is 0.111. The molecule has 202 valence electrons. The van der Waals surface area contributed by atoms with E-state index in [1.54, 1.807) is 54.6 Å². The van der Waals surface area contributed by atoms with Crippen LogP contribution in [0.4, 0.5) is 9.52 Å². The van der Waals surface area contributed by atoms with Gasteiger partial charge in [0.1, 0.15) is 24.8 Å². The van der Waals surface area contributed by atoms with Crippen LogP contribution in [0.2, 0.25) is 5.02 Å². The summed E-state index contributed by atoms with van der Waals surface area (Å²) < 4.78 is 25.0. The predicted octanol–water partition coefficient (Wildman–Crippen LogP) is 6.02. The number of rotatable bonds is 6. The summed E-state index contributed by atoms with van der Waals surface area (Å²) in [5, 5.41) is 20.4. The Morgan fingerprint density at radius 1 is 1.05 bits per heavy atom. The van der Waals surface area contributed by atoms with E-state index in [4.69, 9.17) is 21.1 Å². The molecule has 40 heavy (non-hydrogen) atoms. The van der Waals surface area contributed by atoms with Crippen LogP contribution in [-0.4, -0.2) is 40.2 Å². The van der Waals surface area contributed by atoms with Crippen LogP contribution in [0.15, 0.2) is 76.6 Å². The van der Waals surface area contributed by atoms with E-state index in [0.717, 1.165) is 16.9 Å². The van der Waals surface area contributed by atoms with Crippen LogP contribution in [0.3, 0.4) is 0 Å². The smallest absolute Gasteiger partial charge is 0.301 e. The first kappa shape index (κ1) is 26.3. The summed E-state index contributed by atoms with van der Waals surface area (Å²) in [4.78, 5) is 28.1. The number of carbonyl (C=O) groups is 2. The summed E-state index contributed by atoms with van der Waals surface area (Å²) in [5.74, 6) is -0.943. The van der Waals surface area contributed by atoms with Gasteiger partial charge in [0, 0.05) is 16.3 Å². The van der Waals surface area contributed by atoms with Crippen molar-refractivity contribution in [3.05, 3.63) is 99.8 Å². The van der Waals surface area contributed by atoms with Gasteiger partial charge in [0.25, 0.3) is 5.78 Å². The van der Waals surface area contributed by atoms with E-state index in [-0.39, 0.29) is 22.3 Å². The maximum Gasteiger partial charge on any atom is 0.301 e. The number of fused-ring (bicyclic) bond motifs is 1. The molecule has 1 aromatic heterocycles. The van der Waals surface area contributed by atoms with Crippen LogP contribution in [0.25, 0.3) is 5.76 Å². The molecule has 2 aliphatic heterocycles. The zero-order valence-electron chi connectivity index (χ0n) is 20.5. The Balaban J connectivity index is 1.38. The molecule has 0 saturated carbocycles. The predicted molar refractivity (Wildman–Crippen MR) is 150 cm³/mol. The fraction of sp³-hybridized carbons (Fsp3) is 0.143. The number of amides is 1. The number of nitrogens with zero attached hydrogens (tertiary/aromatic N) is 3. The van der Waals surface area contributed by atoms with E-state index in [2.05, 4.69) is 10.2 Å². The quantitative estimate of drug-likeness (QED) is 0.0949. The summed E-state index contributed by atoms with van der Waals surface area (Å²) in [5.41, 5.74) is 1.59. The minimum Gasteiger partial charge on any atom is -0.507 e. The first-order valence-corrected chi connectivity index (χ1v) is 14.2. The lowest BCUT2D eigenvalue weighted by Gasteiger charge is -2.23. The molecule has 0 spiro atoms. The van der Waals surface area contributed by atoms with Gasteiger partial charge in [-0.2, -0.15) is 0 Å². The summed E-state index contributed by atoms with van der Waals surface area (Å²) in [6.07, 6.45) is 0. The Kier molecular flexibility index (Phi) is 7.18. The van der Waals surface area contributed by atoms with Crippen molar-refractivity contribution in [3.8, 4) is 11.5 Å². The number of halogens is 2. The van der Waals surface area contributed by atoms with Crippen molar-refractivity contribution in [2.45, 2.75) is 16.1 Å². The van der Waals surface area contributed by atoms with Gasteiger partial charge in [-0.3, -0.25) is 14.5 Å². The lowest BCUT2D eigenvalue weighted by Crippen LogP contribution is -2.29. The van der Waals surface area contributed by atoms with Gasteiger partial charge in [-0.05, 0) is 53.6 Å². The number of hydrogen-bond donors (Lipinski definition) is 1. The number of anilines is 1. The average Bonchev–Trinajstić information content (AvgIpc) is 3.54. The van der Waals surface area contributed by atoms with Gasteiger partial charge in [0.2, 0.25) is 5.13 Å². The van der Waals surface area contributed by atoms with E-state index in [9.17, 15) is 19.1 Å². The molecule has 3 aromatic carbocycles. The Labute approximate surface area is 241 Å². The standard InChI is InChI=1S/C28H19ClFN3O5S2/c29-18-3-1-2-16(12-18)23-22(24(34)17-6-9-20-21(13-17)38-11-10-37-20)25(35)26(36)33(23)27-31-32-28(40-27)39-14-15-4-7-19(30)8-5-15/h1-9,12-13,23,34H,10-11,14H2/t23-/m1/s1. The summed E-state index contributed by atoms with van der Waals surface area (Å²) >= 11 is 8.78. The number of ether oxygens (including phenoxy) is 2. The van der Waals surface area contributed by atoms with Gasteiger partial charge < -0.3 is 14.6 Å². The number of hydrogen-bond acceptors (Lipinski definition) is 9. The van der Waals surface area contributed by atoms with Crippen molar-refractivity contribution in [2.24, 2.45) is 0 Å². The number of benzene rings is 3. The average molecular weight is 596 g/mol. The molecule has 2 aliphatic rings. The van der Waals surface area contributed by atoms with E-state index in [0.29, 0.717) is 51.0 Å². The maximum absolute atomic E-state index is 13.4. The monoisotopic (exact) mass is 595 g/mol. The van der Waals surface area contributed by atoms with Crippen LogP contribution >= 0.6 is 34.7 Å². The molecule has 0 radical (unpaired) electrons. The zero-order chi connectivity index (χ0) is 27.8. The topological polar surface area (TPSA) is 102 Å². The number of thioether (sulfide) groups is 1. The molecule has 3 heterocycles. The van der Waals surface area contributed by atoms with Crippen molar-refractivity contribution < 1.29 is 28.6 Å². The summed E-state index contributed by atoms with van der Waals surface area (Å²) in [6.45, 7) is 0.757. The highest BCUT2D eigenvalue weighted by atomic mass is 35.5. The third-order valence-electron chi connectivity index (χ3n) is 6.30. The molecule has 12 heteroatoms. The lowest BCUT2D eigenvalue weighted by molar-refractivity contribution is -0.132. The SMILES string of the molecule is O=C1C(=O)N(c2nnc(SCc3ccc(F)cc3)s2)[C@H](c2cccc(Cl)c2)C1=C(O)c1ccc2c(c1)OCCO2. The molecular formula is C28H19ClFN3O5S2. The molecule has 1 N–H and O–H groups in total. The minimum atomic E-state index is -1.00. The van der Waals surface area contributed by atoms with Crippen LogP contribution in [0.1, 0.15) is 22.7 Å². The maximum atomic E-state index is 13.4. The normalized spacial score (nSPS) is 17.9. The van der Waals surface area contributed by atoms with Crippen molar-refractivity contribution in [1.29, 1.82) is 0 Å². The van der Waals surface area contributed by atoms with Crippen molar-refractivity contribution >= 4 is 57.3 Å². The molecule has 1 saturated heterocycles. The highest BCUT2D eigenvalue weighted by Crippen LogP contribution is 2.45. The van der Waals surface area contributed by atoms with E-state index < -0.39 is 17.7 Å². The van der Waals surface area contributed by atoms with Crippen molar-refractivity contribution in [3.63, 3.8) is 0 Å². The number of ketones is 1. The highest BCUT2D eigenvalue weighted by molar-refractivity contribution is 8.00.